The van der Waals surface area contributed by atoms with Gasteiger partial charge in [-0.2, -0.15) is 0 Å². The fraction of sp³-hybridized carbons (Fsp3) is 0.200. The fourth-order valence-electron chi connectivity index (χ4n) is 2.05. The molecule has 0 radical (unpaired) electrons. The number of aromatic nitrogens is 3. The summed E-state index contributed by atoms with van der Waals surface area (Å²) < 4.78 is 0. The first-order valence-corrected chi connectivity index (χ1v) is 6.46. The molecule has 0 bridgehead atoms. The van der Waals surface area contributed by atoms with E-state index in [0.717, 1.165) is 40.9 Å². The fourth-order valence-corrected chi connectivity index (χ4v) is 2.05. The lowest BCUT2D eigenvalue weighted by atomic mass is 10.1. The molecule has 3 aromatic rings. The van der Waals surface area contributed by atoms with Gasteiger partial charge >= 0.3 is 0 Å². The molecule has 96 valence electrons. The molecule has 0 saturated heterocycles. The Bertz CT molecular complexity index is 670. The molecule has 0 aliphatic carbocycles. The Morgan fingerprint density at radius 2 is 2.00 bits per heavy atom. The van der Waals surface area contributed by atoms with Gasteiger partial charge in [0.05, 0.1) is 5.69 Å². The van der Waals surface area contributed by atoms with E-state index in [-0.39, 0.29) is 0 Å². The van der Waals surface area contributed by atoms with Crippen LogP contribution in [0.1, 0.15) is 12.6 Å². The number of hydrogen-bond acceptors (Lipinski definition) is 3. The van der Waals surface area contributed by atoms with Crippen LogP contribution < -0.4 is 5.32 Å². The van der Waals surface area contributed by atoms with Crippen LogP contribution in [-0.2, 0) is 6.54 Å². The van der Waals surface area contributed by atoms with Gasteiger partial charge in [-0.25, -0.2) is 4.98 Å². The van der Waals surface area contributed by atoms with Crippen molar-refractivity contribution >= 4 is 11.0 Å². The SMILES string of the molecule is CCNCc1ccc(-c2cnc3[nH]ccc3c2)cn1. The minimum Gasteiger partial charge on any atom is -0.346 e. The average Bonchev–Trinajstić information content (AvgIpc) is 2.93. The summed E-state index contributed by atoms with van der Waals surface area (Å²) in [4.78, 5) is 12.0. The topological polar surface area (TPSA) is 53.6 Å². The van der Waals surface area contributed by atoms with Crippen LogP contribution >= 0.6 is 0 Å². The lowest BCUT2D eigenvalue weighted by molar-refractivity contribution is 0.711. The maximum absolute atomic E-state index is 4.46. The normalized spacial score (nSPS) is 11.0. The quantitative estimate of drug-likeness (QED) is 0.750. The van der Waals surface area contributed by atoms with E-state index in [0.29, 0.717) is 0 Å². The molecule has 2 N–H and O–H groups in total. The smallest absolute Gasteiger partial charge is 0.137 e. The van der Waals surface area contributed by atoms with Crippen molar-refractivity contribution < 1.29 is 0 Å². The largest absolute Gasteiger partial charge is 0.346 e. The van der Waals surface area contributed by atoms with Crippen molar-refractivity contribution in [3.8, 4) is 11.1 Å². The molecule has 3 aromatic heterocycles. The standard InChI is InChI=1S/C15H16N4/c1-2-16-10-14-4-3-12(8-18-14)13-7-11-5-6-17-15(11)19-9-13/h3-9,16H,2,10H2,1H3,(H,17,19). The van der Waals surface area contributed by atoms with Crippen molar-refractivity contribution in [2.75, 3.05) is 6.54 Å². The highest BCUT2D eigenvalue weighted by molar-refractivity contribution is 5.81. The summed E-state index contributed by atoms with van der Waals surface area (Å²) in [7, 11) is 0. The minimum atomic E-state index is 0.811. The number of nitrogens with zero attached hydrogens (tertiary/aromatic N) is 2. The Balaban J connectivity index is 1.88. The van der Waals surface area contributed by atoms with E-state index in [1.807, 2.05) is 24.7 Å². The summed E-state index contributed by atoms with van der Waals surface area (Å²) in [5.74, 6) is 0. The number of hydrogen-bond donors (Lipinski definition) is 2. The van der Waals surface area contributed by atoms with Crippen LogP contribution in [0.15, 0.2) is 42.9 Å². The van der Waals surface area contributed by atoms with E-state index >= 15 is 0 Å². The van der Waals surface area contributed by atoms with Crippen LogP contribution in [0.3, 0.4) is 0 Å². The molecule has 3 rings (SSSR count). The average molecular weight is 252 g/mol. The molecule has 0 amide bonds. The highest BCUT2D eigenvalue weighted by Gasteiger charge is 2.02. The van der Waals surface area contributed by atoms with Gasteiger partial charge in [-0.1, -0.05) is 13.0 Å². The predicted octanol–water partition coefficient (Wildman–Crippen LogP) is 2.73. The number of fused-ring (bicyclic) bond motifs is 1. The van der Waals surface area contributed by atoms with Gasteiger partial charge < -0.3 is 10.3 Å². The number of H-pyrrole nitrogens is 1. The number of nitrogens with one attached hydrogen (secondary N) is 2. The lowest BCUT2D eigenvalue weighted by Crippen LogP contribution is -2.12. The number of aromatic amines is 1. The van der Waals surface area contributed by atoms with E-state index in [9.17, 15) is 0 Å². The first-order valence-electron chi connectivity index (χ1n) is 6.46. The summed E-state index contributed by atoms with van der Waals surface area (Å²) >= 11 is 0. The monoisotopic (exact) mass is 252 g/mol. The molecule has 0 spiro atoms. The summed E-state index contributed by atoms with van der Waals surface area (Å²) in [5, 5.41) is 4.39. The van der Waals surface area contributed by atoms with Gasteiger partial charge in [-0.15, -0.1) is 0 Å². The Morgan fingerprint density at radius 1 is 1.11 bits per heavy atom. The highest BCUT2D eigenvalue weighted by atomic mass is 14.9. The van der Waals surface area contributed by atoms with Gasteiger partial charge in [-0.3, -0.25) is 4.98 Å². The molecule has 0 aromatic carbocycles. The van der Waals surface area contributed by atoms with E-state index in [2.05, 4.69) is 45.4 Å². The van der Waals surface area contributed by atoms with Gasteiger partial charge in [0, 0.05) is 41.6 Å². The van der Waals surface area contributed by atoms with Crippen LogP contribution in [0.25, 0.3) is 22.2 Å². The molecule has 4 heteroatoms. The predicted molar refractivity (Wildman–Crippen MR) is 76.7 cm³/mol. The Kier molecular flexibility index (Phi) is 3.25. The molecule has 3 heterocycles. The van der Waals surface area contributed by atoms with Gasteiger partial charge in [0.1, 0.15) is 5.65 Å². The molecule has 0 fully saturated rings. The molecule has 19 heavy (non-hydrogen) atoms. The molecule has 0 aliphatic rings. The number of pyridine rings is 2. The van der Waals surface area contributed by atoms with E-state index in [1.54, 1.807) is 0 Å². The molecular weight excluding hydrogens is 236 g/mol. The molecule has 0 aliphatic heterocycles. The van der Waals surface area contributed by atoms with Crippen molar-refractivity contribution in [1.29, 1.82) is 0 Å². The van der Waals surface area contributed by atoms with Crippen LogP contribution in [0, 0.1) is 0 Å². The van der Waals surface area contributed by atoms with Crippen LogP contribution in [0.2, 0.25) is 0 Å². The summed E-state index contributed by atoms with van der Waals surface area (Å²) in [6.45, 7) is 3.86. The maximum atomic E-state index is 4.46. The van der Waals surface area contributed by atoms with E-state index in [4.69, 9.17) is 0 Å². The van der Waals surface area contributed by atoms with Crippen LogP contribution in [-0.4, -0.2) is 21.5 Å². The minimum absolute atomic E-state index is 0.811. The Labute approximate surface area is 111 Å². The zero-order valence-electron chi connectivity index (χ0n) is 10.9. The molecule has 0 saturated carbocycles. The zero-order chi connectivity index (χ0) is 13.1. The third-order valence-corrected chi connectivity index (χ3v) is 3.11. The third-order valence-electron chi connectivity index (χ3n) is 3.11. The van der Waals surface area contributed by atoms with Gasteiger partial charge in [0.2, 0.25) is 0 Å². The summed E-state index contributed by atoms with van der Waals surface area (Å²) in [5.41, 5.74) is 4.16. The van der Waals surface area contributed by atoms with Crippen molar-refractivity contribution in [2.24, 2.45) is 0 Å². The maximum Gasteiger partial charge on any atom is 0.137 e. The van der Waals surface area contributed by atoms with Crippen molar-refractivity contribution in [3.63, 3.8) is 0 Å². The lowest BCUT2D eigenvalue weighted by Gasteiger charge is -2.04. The second-order valence-electron chi connectivity index (χ2n) is 4.46. The first kappa shape index (κ1) is 11.9. The third kappa shape index (κ3) is 2.48. The number of rotatable bonds is 4. The highest BCUT2D eigenvalue weighted by Crippen LogP contribution is 2.21. The summed E-state index contributed by atoms with van der Waals surface area (Å²) in [6, 6.07) is 8.30. The molecular formula is C15H16N4. The van der Waals surface area contributed by atoms with Crippen molar-refractivity contribution in [2.45, 2.75) is 13.5 Å². The Morgan fingerprint density at radius 3 is 2.79 bits per heavy atom. The molecule has 0 unspecified atom stereocenters. The van der Waals surface area contributed by atoms with Crippen molar-refractivity contribution in [1.82, 2.24) is 20.3 Å². The van der Waals surface area contributed by atoms with Gasteiger partial charge in [-0.05, 0) is 24.7 Å². The first-order chi connectivity index (χ1) is 9.36. The Hall–Kier alpha value is -2.20. The second-order valence-corrected chi connectivity index (χ2v) is 4.46. The van der Waals surface area contributed by atoms with Crippen LogP contribution in [0.5, 0.6) is 0 Å². The van der Waals surface area contributed by atoms with Gasteiger partial charge in [0.25, 0.3) is 0 Å². The van der Waals surface area contributed by atoms with E-state index < -0.39 is 0 Å². The van der Waals surface area contributed by atoms with Crippen LogP contribution in [0.4, 0.5) is 0 Å². The van der Waals surface area contributed by atoms with Gasteiger partial charge in [0.15, 0.2) is 0 Å². The molecule has 4 nitrogen and oxygen atoms in total. The molecule has 0 atom stereocenters. The second kappa shape index (κ2) is 5.20. The summed E-state index contributed by atoms with van der Waals surface area (Å²) in [6.07, 6.45) is 5.68. The zero-order valence-corrected chi connectivity index (χ0v) is 10.9. The van der Waals surface area contributed by atoms with Crippen molar-refractivity contribution in [3.05, 3.63) is 48.5 Å². The van der Waals surface area contributed by atoms with E-state index in [1.165, 1.54) is 0 Å².